The zero-order chi connectivity index (χ0) is 14.8. The molecule has 116 valence electrons. The van der Waals surface area contributed by atoms with Gasteiger partial charge in [-0.2, -0.15) is 0 Å². The Morgan fingerprint density at radius 1 is 1.24 bits per heavy atom. The summed E-state index contributed by atoms with van der Waals surface area (Å²) in [6.45, 7) is 8.68. The van der Waals surface area contributed by atoms with Gasteiger partial charge >= 0.3 is 0 Å². The zero-order valence-corrected chi connectivity index (χ0v) is 13.5. The van der Waals surface area contributed by atoms with Gasteiger partial charge in [0.2, 0.25) is 0 Å². The van der Waals surface area contributed by atoms with Crippen LogP contribution in [-0.2, 0) is 0 Å². The molecule has 2 unspecified atom stereocenters. The Labute approximate surface area is 128 Å². The Kier molecular flexibility index (Phi) is 4.39. The average molecular weight is 288 g/mol. The lowest BCUT2D eigenvalue weighted by molar-refractivity contribution is 0.242. The third-order valence-electron chi connectivity index (χ3n) is 4.65. The van der Waals surface area contributed by atoms with Gasteiger partial charge in [-0.15, -0.1) is 0 Å². The van der Waals surface area contributed by atoms with Crippen LogP contribution in [0.2, 0.25) is 0 Å². The molecule has 3 nitrogen and oxygen atoms in total. The van der Waals surface area contributed by atoms with E-state index in [2.05, 4.69) is 55.3 Å². The normalized spacial score (nSPS) is 26.2. The maximum Gasteiger partial charge on any atom is 0.119 e. The summed E-state index contributed by atoms with van der Waals surface area (Å²) in [5.41, 5.74) is 1.34. The highest BCUT2D eigenvalue weighted by molar-refractivity contribution is 5.51. The minimum absolute atomic E-state index is 0.234. The number of piperazine rings is 1. The first-order valence-corrected chi connectivity index (χ1v) is 8.44. The van der Waals surface area contributed by atoms with Crippen LogP contribution in [0.4, 0.5) is 5.69 Å². The monoisotopic (exact) mass is 288 g/mol. The molecule has 1 heterocycles. The molecule has 1 aromatic carbocycles. The van der Waals surface area contributed by atoms with E-state index < -0.39 is 0 Å². The van der Waals surface area contributed by atoms with Crippen LogP contribution in [0.3, 0.4) is 0 Å². The molecule has 1 aromatic rings. The molecule has 2 atom stereocenters. The maximum atomic E-state index is 5.75. The van der Waals surface area contributed by atoms with Gasteiger partial charge in [0.25, 0.3) is 0 Å². The van der Waals surface area contributed by atoms with E-state index in [-0.39, 0.29) is 6.10 Å². The third-order valence-corrected chi connectivity index (χ3v) is 4.65. The second-order valence-electron chi connectivity index (χ2n) is 6.73. The predicted octanol–water partition coefficient (Wildman–Crippen LogP) is 3.44. The molecule has 21 heavy (non-hydrogen) atoms. The van der Waals surface area contributed by atoms with E-state index in [4.69, 9.17) is 4.74 Å². The number of nitrogens with zero attached hydrogens (tertiary/aromatic N) is 1. The van der Waals surface area contributed by atoms with Gasteiger partial charge in [0.1, 0.15) is 5.75 Å². The summed E-state index contributed by atoms with van der Waals surface area (Å²) >= 11 is 0. The third kappa shape index (κ3) is 3.52. The second kappa shape index (κ2) is 6.27. The number of hydrogen-bond acceptors (Lipinski definition) is 3. The van der Waals surface area contributed by atoms with Crippen LogP contribution in [-0.4, -0.2) is 31.3 Å². The fourth-order valence-corrected chi connectivity index (χ4v) is 3.31. The molecule has 0 radical (unpaired) electrons. The summed E-state index contributed by atoms with van der Waals surface area (Å²) in [5.74, 6) is 1.88. The van der Waals surface area contributed by atoms with E-state index in [1.165, 1.54) is 24.9 Å². The predicted molar refractivity (Wildman–Crippen MR) is 88.1 cm³/mol. The molecule has 1 aliphatic carbocycles. The van der Waals surface area contributed by atoms with Gasteiger partial charge in [0, 0.05) is 30.9 Å². The van der Waals surface area contributed by atoms with Gasteiger partial charge in [-0.1, -0.05) is 6.92 Å². The number of benzene rings is 1. The highest BCUT2D eigenvalue weighted by Gasteiger charge is 2.36. The quantitative estimate of drug-likeness (QED) is 0.898. The van der Waals surface area contributed by atoms with Crippen molar-refractivity contribution in [2.75, 3.05) is 18.0 Å². The molecule has 1 saturated carbocycles. The number of rotatable bonds is 5. The van der Waals surface area contributed by atoms with Crippen molar-refractivity contribution in [3.8, 4) is 5.75 Å². The molecule has 1 N–H and O–H groups in total. The van der Waals surface area contributed by atoms with E-state index in [1.54, 1.807) is 0 Å². The second-order valence-corrected chi connectivity index (χ2v) is 6.73. The van der Waals surface area contributed by atoms with E-state index in [0.29, 0.717) is 12.1 Å². The van der Waals surface area contributed by atoms with Gasteiger partial charge in [-0.05, 0) is 63.3 Å². The first-order valence-electron chi connectivity index (χ1n) is 8.44. The Bertz CT molecular complexity index is 453. The topological polar surface area (TPSA) is 24.5 Å². The number of ether oxygens (including phenoxy) is 1. The standard InChI is InChI=1S/C18H28N2O/c1-4-15-11-19-18(14-5-6-14)12-20(15)16-7-9-17(10-8-16)21-13(2)3/h7-10,13-15,18-19H,4-6,11-12H2,1-3H3. The highest BCUT2D eigenvalue weighted by atomic mass is 16.5. The highest BCUT2D eigenvalue weighted by Crippen LogP contribution is 2.35. The van der Waals surface area contributed by atoms with Crippen LogP contribution < -0.4 is 15.0 Å². The Hall–Kier alpha value is -1.22. The molecule has 0 amide bonds. The van der Waals surface area contributed by atoms with Gasteiger partial charge in [-0.3, -0.25) is 0 Å². The molecule has 2 fully saturated rings. The van der Waals surface area contributed by atoms with E-state index in [9.17, 15) is 0 Å². The summed E-state index contributed by atoms with van der Waals surface area (Å²) in [4.78, 5) is 2.60. The van der Waals surface area contributed by atoms with Gasteiger partial charge < -0.3 is 15.0 Å². The van der Waals surface area contributed by atoms with Crippen LogP contribution in [0.5, 0.6) is 5.75 Å². The van der Waals surface area contributed by atoms with Crippen molar-refractivity contribution in [1.29, 1.82) is 0 Å². The van der Waals surface area contributed by atoms with E-state index >= 15 is 0 Å². The first kappa shape index (κ1) is 14.7. The Balaban J connectivity index is 1.72. The van der Waals surface area contributed by atoms with Crippen molar-refractivity contribution in [3.05, 3.63) is 24.3 Å². The van der Waals surface area contributed by atoms with Crippen molar-refractivity contribution in [2.24, 2.45) is 5.92 Å². The van der Waals surface area contributed by atoms with Crippen molar-refractivity contribution in [3.63, 3.8) is 0 Å². The lowest BCUT2D eigenvalue weighted by Crippen LogP contribution is -2.57. The molecule has 0 bridgehead atoms. The minimum atomic E-state index is 0.234. The largest absolute Gasteiger partial charge is 0.491 e. The Morgan fingerprint density at radius 2 is 1.95 bits per heavy atom. The first-order chi connectivity index (χ1) is 10.2. The smallest absolute Gasteiger partial charge is 0.119 e. The van der Waals surface area contributed by atoms with Gasteiger partial charge in [0.15, 0.2) is 0 Å². The summed E-state index contributed by atoms with van der Waals surface area (Å²) in [5, 5.41) is 3.75. The van der Waals surface area contributed by atoms with Crippen LogP contribution in [0.25, 0.3) is 0 Å². The molecular weight excluding hydrogens is 260 g/mol. The summed E-state index contributed by atoms with van der Waals surface area (Å²) < 4.78 is 5.75. The van der Waals surface area contributed by atoms with Crippen LogP contribution in [0, 0.1) is 5.92 Å². The van der Waals surface area contributed by atoms with Crippen LogP contribution in [0.1, 0.15) is 40.0 Å². The average Bonchev–Trinajstić information content (AvgIpc) is 3.31. The fourth-order valence-electron chi connectivity index (χ4n) is 3.31. The van der Waals surface area contributed by atoms with Crippen molar-refractivity contribution in [2.45, 2.75) is 58.2 Å². The van der Waals surface area contributed by atoms with Crippen molar-refractivity contribution in [1.82, 2.24) is 5.32 Å². The molecule has 1 aliphatic heterocycles. The van der Waals surface area contributed by atoms with Crippen LogP contribution in [0.15, 0.2) is 24.3 Å². The molecule has 3 rings (SSSR count). The molecule has 1 saturated heterocycles. The van der Waals surface area contributed by atoms with Crippen LogP contribution >= 0.6 is 0 Å². The molecule has 3 heteroatoms. The SMILES string of the molecule is CCC1CNC(C2CC2)CN1c1ccc(OC(C)C)cc1. The number of nitrogens with one attached hydrogen (secondary N) is 1. The summed E-state index contributed by atoms with van der Waals surface area (Å²) in [6.07, 6.45) is 4.24. The van der Waals surface area contributed by atoms with Crippen molar-refractivity contribution >= 4 is 5.69 Å². The van der Waals surface area contributed by atoms with Crippen molar-refractivity contribution < 1.29 is 4.74 Å². The number of hydrogen-bond donors (Lipinski definition) is 1. The zero-order valence-electron chi connectivity index (χ0n) is 13.5. The molecule has 0 spiro atoms. The lowest BCUT2D eigenvalue weighted by atomic mass is 10.0. The number of anilines is 1. The lowest BCUT2D eigenvalue weighted by Gasteiger charge is -2.42. The molecule has 0 aromatic heterocycles. The maximum absolute atomic E-state index is 5.75. The molecular formula is C18H28N2O. The minimum Gasteiger partial charge on any atom is -0.491 e. The molecule has 2 aliphatic rings. The van der Waals surface area contributed by atoms with E-state index in [0.717, 1.165) is 24.8 Å². The summed E-state index contributed by atoms with van der Waals surface area (Å²) in [6, 6.07) is 9.94. The fraction of sp³-hybridized carbons (Fsp3) is 0.667. The van der Waals surface area contributed by atoms with E-state index in [1.807, 2.05) is 0 Å². The summed E-state index contributed by atoms with van der Waals surface area (Å²) in [7, 11) is 0. The van der Waals surface area contributed by atoms with Gasteiger partial charge in [-0.25, -0.2) is 0 Å². The Morgan fingerprint density at radius 3 is 2.52 bits per heavy atom. The van der Waals surface area contributed by atoms with Gasteiger partial charge in [0.05, 0.1) is 6.10 Å².